The van der Waals surface area contributed by atoms with Crippen molar-refractivity contribution in [1.82, 2.24) is 4.90 Å². The van der Waals surface area contributed by atoms with Crippen molar-refractivity contribution in [2.45, 2.75) is 199 Å². The lowest BCUT2D eigenvalue weighted by atomic mass is 9.87. The molecule has 2 nitrogen and oxygen atoms in total. The zero-order chi connectivity index (χ0) is 27.5. The van der Waals surface area contributed by atoms with Crippen molar-refractivity contribution in [3.8, 4) is 5.75 Å². The number of aryl methyl sites for hydroxylation is 2. The molecule has 224 valence electrons. The smallest absolute Gasteiger partial charge is 0.123 e. The first-order chi connectivity index (χ1) is 19.2. The highest BCUT2D eigenvalue weighted by Gasteiger charge is 2.29. The van der Waals surface area contributed by atoms with Gasteiger partial charge in [0.15, 0.2) is 0 Å². The molecular formula is C37H65NO. The Labute approximate surface area is 243 Å². The molecule has 1 aromatic rings. The molecule has 0 amide bonds. The number of phenols is 1. The van der Waals surface area contributed by atoms with Crippen molar-refractivity contribution in [3.63, 3.8) is 0 Å². The summed E-state index contributed by atoms with van der Waals surface area (Å²) in [6, 6.07) is 6.25. The highest BCUT2D eigenvalue weighted by atomic mass is 16.3. The van der Waals surface area contributed by atoms with Crippen LogP contribution in [0.25, 0.3) is 0 Å². The predicted molar refractivity (Wildman–Crippen MR) is 171 cm³/mol. The monoisotopic (exact) mass is 540 g/mol. The molecule has 2 fully saturated rings. The third-order valence-electron chi connectivity index (χ3n) is 9.89. The van der Waals surface area contributed by atoms with Gasteiger partial charge >= 0.3 is 0 Å². The number of hydrogen-bond donors (Lipinski definition) is 1. The fourth-order valence-electron chi connectivity index (χ4n) is 7.42. The molecule has 0 aliphatic heterocycles. The SMILES string of the molecule is CCCCCCCCCc1cc(CCCCCCCCC)c(O)c(CN(C2CCCCC2)C2CCCCC2)c1. The number of benzene rings is 1. The molecule has 0 radical (unpaired) electrons. The summed E-state index contributed by atoms with van der Waals surface area (Å²) in [5.41, 5.74) is 3.97. The van der Waals surface area contributed by atoms with E-state index in [4.69, 9.17) is 0 Å². The van der Waals surface area contributed by atoms with Crippen molar-refractivity contribution >= 4 is 0 Å². The largest absolute Gasteiger partial charge is 0.507 e. The Morgan fingerprint density at radius 1 is 0.564 bits per heavy atom. The van der Waals surface area contributed by atoms with E-state index in [9.17, 15) is 5.11 Å². The van der Waals surface area contributed by atoms with Gasteiger partial charge in [-0.1, -0.05) is 142 Å². The molecule has 2 heteroatoms. The minimum absolute atomic E-state index is 0.640. The molecule has 1 N–H and O–H groups in total. The molecule has 3 rings (SSSR count). The van der Waals surface area contributed by atoms with E-state index in [0.717, 1.165) is 25.0 Å². The van der Waals surface area contributed by atoms with E-state index in [1.54, 1.807) is 0 Å². The quantitative estimate of drug-likeness (QED) is 0.167. The summed E-state index contributed by atoms with van der Waals surface area (Å²) in [6.07, 6.45) is 34.9. The van der Waals surface area contributed by atoms with Crippen LogP contribution in [0.5, 0.6) is 5.75 Å². The molecule has 39 heavy (non-hydrogen) atoms. The molecular weight excluding hydrogens is 474 g/mol. The average molecular weight is 540 g/mol. The van der Waals surface area contributed by atoms with E-state index in [1.165, 1.54) is 177 Å². The van der Waals surface area contributed by atoms with Gasteiger partial charge in [-0.05, 0) is 62.5 Å². The van der Waals surface area contributed by atoms with Crippen LogP contribution in [0, 0.1) is 0 Å². The van der Waals surface area contributed by atoms with Crippen LogP contribution >= 0.6 is 0 Å². The normalized spacial score (nSPS) is 17.3. The maximum atomic E-state index is 11.6. The highest BCUT2D eigenvalue weighted by molar-refractivity contribution is 5.44. The van der Waals surface area contributed by atoms with Gasteiger partial charge < -0.3 is 5.11 Å². The molecule has 0 atom stereocenters. The lowest BCUT2D eigenvalue weighted by Gasteiger charge is -2.42. The van der Waals surface area contributed by atoms with Crippen molar-refractivity contribution in [2.24, 2.45) is 0 Å². The topological polar surface area (TPSA) is 23.5 Å². The van der Waals surface area contributed by atoms with E-state index in [0.29, 0.717) is 5.75 Å². The van der Waals surface area contributed by atoms with E-state index >= 15 is 0 Å². The lowest BCUT2D eigenvalue weighted by molar-refractivity contribution is 0.0723. The molecule has 1 aromatic carbocycles. The van der Waals surface area contributed by atoms with Crippen LogP contribution in [-0.2, 0) is 19.4 Å². The molecule has 0 saturated heterocycles. The molecule has 0 spiro atoms. The molecule has 2 aliphatic carbocycles. The Bertz CT molecular complexity index is 728. The van der Waals surface area contributed by atoms with Crippen LogP contribution in [0.1, 0.15) is 185 Å². The summed E-state index contributed by atoms with van der Waals surface area (Å²) >= 11 is 0. The average Bonchev–Trinajstić information content (AvgIpc) is 2.97. The number of nitrogens with zero attached hydrogens (tertiary/aromatic N) is 1. The third kappa shape index (κ3) is 12.2. The van der Waals surface area contributed by atoms with Crippen molar-refractivity contribution in [3.05, 3.63) is 28.8 Å². The lowest BCUT2D eigenvalue weighted by Crippen LogP contribution is -2.44. The molecule has 2 saturated carbocycles. The van der Waals surface area contributed by atoms with Crippen LogP contribution in [0.15, 0.2) is 12.1 Å². The Balaban J connectivity index is 1.68. The standard InChI is InChI=1S/C37H65NO/c1-3-5-7-9-11-13-17-23-32-29-33(24-18-14-12-10-8-6-4-2)37(39)34(30-32)31-38(35-25-19-15-20-26-35)36-27-21-16-22-28-36/h29-30,35-36,39H,3-28,31H2,1-2H3. The van der Waals surface area contributed by atoms with E-state index in [1.807, 2.05) is 0 Å². The Kier molecular flexibility index (Phi) is 16.6. The third-order valence-corrected chi connectivity index (χ3v) is 9.89. The van der Waals surface area contributed by atoms with Crippen LogP contribution < -0.4 is 0 Å². The fourth-order valence-corrected chi connectivity index (χ4v) is 7.42. The summed E-state index contributed by atoms with van der Waals surface area (Å²) in [4.78, 5) is 2.88. The second kappa shape index (κ2) is 20.0. The predicted octanol–water partition coefficient (Wildman–Crippen LogP) is 11.4. The van der Waals surface area contributed by atoms with Gasteiger partial charge in [0, 0.05) is 24.2 Å². The molecule has 0 heterocycles. The maximum Gasteiger partial charge on any atom is 0.123 e. The molecule has 0 bridgehead atoms. The summed E-state index contributed by atoms with van der Waals surface area (Å²) in [7, 11) is 0. The molecule has 2 aliphatic rings. The Morgan fingerprint density at radius 3 is 1.51 bits per heavy atom. The van der Waals surface area contributed by atoms with Gasteiger partial charge in [0.25, 0.3) is 0 Å². The minimum atomic E-state index is 0.640. The number of hydrogen-bond acceptors (Lipinski definition) is 2. The second-order valence-electron chi connectivity index (χ2n) is 13.3. The van der Waals surface area contributed by atoms with Gasteiger partial charge in [-0.3, -0.25) is 4.90 Å². The first-order valence-corrected chi connectivity index (χ1v) is 17.8. The van der Waals surface area contributed by atoms with Gasteiger partial charge in [-0.25, -0.2) is 0 Å². The zero-order valence-electron chi connectivity index (χ0n) is 26.3. The number of aromatic hydroxyl groups is 1. The van der Waals surface area contributed by atoms with Crippen LogP contribution in [0.2, 0.25) is 0 Å². The first-order valence-electron chi connectivity index (χ1n) is 17.8. The van der Waals surface area contributed by atoms with E-state index in [-0.39, 0.29) is 0 Å². The van der Waals surface area contributed by atoms with Gasteiger partial charge in [0.05, 0.1) is 0 Å². The number of rotatable bonds is 20. The van der Waals surface area contributed by atoms with Crippen LogP contribution in [0.4, 0.5) is 0 Å². The first kappa shape index (κ1) is 32.5. The zero-order valence-corrected chi connectivity index (χ0v) is 26.3. The minimum Gasteiger partial charge on any atom is -0.507 e. The maximum absolute atomic E-state index is 11.6. The van der Waals surface area contributed by atoms with E-state index in [2.05, 4.69) is 30.9 Å². The van der Waals surface area contributed by atoms with Crippen molar-refractivity contribution in [2.75, 3.05) is 0 Å². The number of phenolic OH excluding ortho intramolecular Hbond substituents is 1. The summed E-state index contributed by atoms with van der Waals surface area (Å²) < 4.78 is 0. The summed E-state index contributed by atoms with van der Waals surface area (Å²) in [5, 5.41) is 11.6. The second-order valence-corrected chi connectivity index (χ2v) is 13.3. The summed E-state index contributed by atoms with van der Waals surface area (Å²) in [6.45, 7) is 5.57. The van der Waals surface area contributed by atoms with E-state index < -0.39 is 0 Å². The van der Waals surface area contributed by atoms with Crippen LogP contribution in [0.3, 0.4) is 0 Å². The van der Waals surface area contributed by atoms with Crippen LogP contribution in [-0.4, -0.2) is 22.1 Å². The summed E-state index contributed by atoms with van der Waals surface area (Å²) in [5.74, 6) is 0.640. The molecule has 0 aromatic heterocycles. The Morgan fingerprint density at radius 2 is 1.00 bits per heavy atom. The van der Waals surface area contributed by atoms with Gasteiger partial charge in [0.2, 0.25) is 0 Å². The fraction of sp³-hybridized carbons (Fsp3) is 0.838. The van der Waals surface area contributed by atoms with Gasteiger partial charge in [-0.2, -0.15) is 0 Å². The Hall–Kier alpha value is -1.02. The van der Waals surface area contributed by atoms with Gasteiger partial charge in [-0.15, -0.1) is 0 Å². The van der Waals surface area contributed by atoms with Crippen molar-refractivity contribution < 1.29 is 5.11 Å². The highest BCUT2D eigenvalue weighted by Crippen LogP contribution is 2.35. The van der Waals surface area contributed by atoms with Crippen molar-refractivity contribution in [1.29, 1.82) is 0 Å². The number of unbranched alkanes of at least 4 members (excludes halogenated alkanes) is 12. The van der Waals surface area contributed by atoms with Gasteiger partial charge in [0.1, 0.15) is 5.75 Å². The molecule has 0 unspecified atom stereocenters.